The molecule has 0 fully saturated rings. The third-order valence-corrected chi connectivity index (χ3v) is 10.5. The Labute approximate surface area is 326 Å². The first-order valence-corrected chi connectivity index (χ1v) is 23.4. The topological polar surface area (TPSA) is 55.8 Å². The smallest absolute Gasteiger partial charge is 0.306 e. The van der Waals surface area contributed by atoms with Gasteiger partial charge in [-0.15, -0.1) is 0 Å². The van der Waals surface area contributed by atoms with E-state index in [1.54, 1.807) is 0 Å². The fourth-order valence-corrected chi connectivity index (χ4v) is 7.01. The van der Waals surface area contributed by atoms with E-state index < -0.39 is 6.10 Å². The first kappa shape index (κ1) is 50.9. The fraction of sp³-hybridized carbons (Fsp3) is 0.896. The summed E-state index contributed by atoms with van der Waals surface area (Å²) in [6, 6.07) is 0. The van der Waals surface area contributed by atoms with Gasteiger partial charge < -0.3 is 14.6 Å². The van der Waals surface area contributed by atoms with Crippen LogP contribution in [0.3, 0.4) is 0 Å². The Hall–Kier alpha value is -1.13. The van der Waals surface area contributed by atoms with Crippen LogP contribution in [0.25, 0.3) is 0 Å². The summed E-state index contributed by atoms with van der Waals surface area (Å²) in [7, 11) is 0. The zero-order chi connectivity index (χ0) is 37.7. The molecule has 1 atom stereocenters. The number of aliphatic hydroxyl groups is 1. The molecule has 0 aromatic heterocycles. The average molecular weight is 733 g/mol. The summed E-state index contributed by atoms with van der Waals surface area (Å²) in [5.74, 6) is -0.196. The van der Waals surface area contributed by atoms with E-state index in [1.165, 1.54) is 205 Å². The molecule has 0 aliphatic rings. The normalized spacial score (nSPS) is 12.4. The number of unbranched alkanes of at least 4 members (excludes halogenated alkanes) is 32. The van der Waals surface area contributed by atoms with Crippen LogP contribution in [0.1, 0.15) is 251 Å². The average Bonchev–Trinajstić information content (AvgIpc) is 3.15. The van der Waals surface area contributed by atoms with Gasteiger partial charge in [-0.25, -0.2) is 0 Å². The van der Waals surface area contributed by atoms with Crippen molar-refractivity contribution in [3.05, 3.63) is 24.3 Å². The zero-order valence-corrected chi connectivity index (χ0v) is 35.3. The van der Waals surface area contributed by atoms with Crippen molar-refractivity contribution >= 4 is 5.97 Å². The molecule has 0 aromatic carbocycles. The van der Waals surface area contributed by atoms with Crippen LogP contribution in [-0.2, 0) is 14.3 Å². The van der Waals surface area contributed by atoms with Gasteiger partial charge in [-0.2, -0.15) is 0 Å². The molecular weight excluding hydrogens is 641 g/mol. The zero-order valence-electron chi connectivity index (χ0n) is 35.3. The minimum Gasteiger partial charge on any atom is -0.457 e. The minimum absolute atomic E-state index is 0.168. The number of carbonyl (C=O) groups excluding carboxylic acids is 1. The summed E-state index contributed by atoms with van der Waals surface area (Å²) in [5, 5.41) is 9.62. The van der Waals surface area contributed by atoms with E-state index in [0.29, 0.717) is 19.6 Å². The molecule has 1 N–H and O–H groups in total. The van der Waals surface area contributed by atoms with E-state index in [4.69, 9.17) is 9.47 Å². The van der Waals surface area contributed by atoms with Crippen LogP contribution in [0.4, 0.5) is 0 Å². The first-order chi connectivity index (χ1) is 25.7. The highest BCUT2D eigenvalue weighted by atomic mass is 16.6. The van der Waals surface area contributed by atoms with E-state index in [9.17, 15) is 9.90 Å². The summed E-state index contributed by atoms with van der Waals surface area (Å²) in [6.45, 7) is 5.37. The third-order valence-electron chi connectivity index (χ3n) is 10.5. The number of allylic oxidation sites excluding steroid dienone is 4. The second kappa shape index (κ2) is 46.0. The second-order valence-electron chi connectivity index (χ2n) is 15.8. The molecular formula is C48H92O4. The number of ether oxygens (including phenoxy) is 2. The van der Waals surface area contributed by atoms with Crippen LogP contribution in [0, 0.1) is 0 Å². The fourth-order valence-electron chi connectivity index (χ4n) is 7.01. The van der Waals surface area contributed by atoms with Gasteiger partial charge in [-0.1, -0.05) is 224 Å². The summed E-state index contributed by atoms with van der Waals surface area (Å²) >= 11 is 0. The van der Waals surface area contributed by atoms with Gasteiger partial charge in [-0.05, 0) is 44.9 Å². The summed E-state index contributed by atoms with van der Waals surface area (Å²) in [4.78, 5) is 12.2. The van der Waals surface area contributed by atoms with Crippen LogP contribution < -0.4 is 0 Å². The maximum absolute atomic E-state index is 12.2. The third kappa shape index (κ3) is 43.3. The highest BCUT2D eigenvalue weighted by molar-refractivity contribution is 5.69. The van der Waals surface area contributed by atoms with Gasteiger partial charge in [0.15, 0.2) is 0 Å². The predicted molar refractivity (Wildman–Crippen MR) is 228 cm³/mol. The van der Waals surface area contributed by atoms with E-state index in [-0.39, 0.29) is 12.6 Å². The Balaban J connectivity index is 3.38. The van der Waals surface area contributed by atoms with Gasteiger partial charge in [0, 0.05) is 13.0 Å². The van der Waals surface area contributed by atoms with Gasteiger partial charge in [0.1, 0.15) is 6.10 Å². The predicted octanol–water partition coefficient (Wildman–Crippen LogP) is 15.5. The minimum atomic E-state index is -0.532. The van der Waals surface area contributed by atoms with Gasteiger partial charge in [0.25, 0.3) is 0 Å². The Morgan fingerprint density at radius 2 is 0.808 bits per heavy atom. The Morgan fingerprint density at radius 1 is 0.462 bits per heavy atom. The van der Waals surface area contributed by atoms with E-state index >= 15 is 0 Å². The maximum Gasteiger partial charge on any atom is 0.306 e. The lowest BCUT2D eigenvalue weighted by molar-refractivity contribution is -0.154. The standard InChI is InChI=1S/C48H92O4/c1-3-5-7-9-11-13-15-17-19-21-23-24-25-26-28-30-32-34-36-38-40-42-44-51-46-47(45-49)52-48(50)43-41-39-37-35-33-31-29-27-22-20-18-16-14-12-10-8-6-4-2/h15,17,21,23,47,49H,3-14,16,18-20,22,24-46H2,1-2H3/b17-15-,23-21-. The molecule has 4 nitrogen and oxygen atoms in total. The van der Waals surface area contributed by atoms with E-state index in [2.05, 4.69) is 38.2 Å². The molecule has 0 aliphatic carbocycles. The highest BCUT2D eigenvalue weighted by Crippen LogP contribution is 2.16. The molecule has 308 valence electrons. The maximum atomic E-state index is 12.2. The summed E-state index contributed by atoms with van der Waals surface area (Å²) in [5.41, 5.74) is 0. The number of hydrogen-bond acceptors (Lipinski definition) is 4. The lowest BCUT2D eigenvalue weighted by Crippen LogP contribution is -2.27. The summed E-state index contributed by atoms with van der Waals surface area (Å²) in [6.07, 6.45) is 56.8. The molecule has 1 unspecified atom stereocenters. The molecule has 0 aliphatic heterocycles. The molecule has 0 radical (unpaired) electrons. The van der Waals surface area contributed by atoms with Crippen molar-refractivity contribution in [2.75, 3.05) is 19.8 Å². The van der Waals surface area contributed by atoms with Crippen LogP contribution >= 0.6 is 0 Å². The molecule has 0 spiro atoms. The molecule has 0 saturated carbocycles. The Kier molecular flexibility index (Phi) is 45.0. The number of aliphatic hydroxyl groups excluding tert-OH is 1. The van der Waals surface area contributed by atoms with Crippen molar-refractivity contribution in [2.24, 2.45) is 0 Å². The van der Waals surface area contributed by atoms with Crippen molar-refractivity contribution < 1.29 is 19.4 Å². The number of carbonyl (C=O) groups is 1. The summed E-state index contributed by atoms with van der Waals surface area (Å²) < 4.78 is 11.2. The number of hydrogen-bond donors (Lipinski definition) is 1. The molecule has 0 saturated heterocycles. The van der Waals surface area contributed by atoms with Crippen molar-refractivity contribution in [3.8, 4) is 0 Å². The monoisotopic (exact) mass is 733 g/mol. The van der Waals surface area contributed by atoms with E-state index in [1.807, 2.05) is 0 Å². The first-order valence-electron chi connectivity index (χ1n) is 23.4. The quantitative estimate of drug-likeness (QED) is 0.0385. The van der Waals surface area contributed by atoms with Crippen LogP contribution in [-0.4, -0.2) is 37.0 Å². The van der Waals surface area contributed by atoms with Crippen LogP contribution in [0.2, 0.25) is 0 Å². The van der Waals surface area contributed by atoms with Crippen molar-refractivity contribution in [3.63, 3.8) is 0 Å². The van der Waals surface area contributed by atoms with Gasteiger partial charge in [-0.3, -0.25) is 4.79 Å². The number of rotatable bonds is 44. The van der Waals surface area contributed by atoms with Crippen LogP contribution in [0.5, 0.6) is 0 Å². The molecule has 4 heteroatoms. The van der Waals surface area contributed by atoms with Crippen LogP contribution in [0.15, 0.2) is 24.3 Å². The molecule has 0 heterocycles. The lowest BCUT2D eigenvalue weighted by Gasteiger charge is -2.16. The molecule has 0 amide bonds. The molecule has 52 heavy (non-hydrogen) atoms. The Bertz CT molecular complexity index is 732. The molecule has 0 aromatic rings. The van der Waals surface area contributed by atoms with Crippen molar-refractivity contribution in [1.29, 1.82) is 0 Å². The van der Waals surface area contributed by atoms with Gasteiger partial charge in [0.2, 0.25) is 0 Å². The largest absolute Gasteiger partial charge is 0.457 e. The molecule has 0 bridgehead atoms. The van der Waals surface area contributed by atoms with Gasteiger partial charge in [0.05, 0.1) is 13.2 Å². The number of esters is 1. The SMILES string of the molecule is CCCCCCC/C=C\C/C=C\CCCCCCCCCCCCOCC(CO)OC(=O)CCCCCCCCCCCCCCCCCCCC. The van der Waals surface area contributed by atoms with Crippen molar-refractivity contribution in [2.45, 2.75) is 258 Å². The van der Waals surface area contributed by atoms with E-state index in [0.717, 1.165) is 25.7 Å². The highest BCUT2D eigenvalue weighted by Gasteiger charge is 2.13. The van der Waals surface area contributed by atoms with Crippen molar-refractivity contribution in [1.82, 2.24) is 0 Å². The van der Waals surface area contributed by atoms with Gasteiger partial charge >= 0.3 is 5.97 Å². The lowest BCUT2D eigenvalue weighted by atomic mass is 10.0. The second-order valence-corrected chi connectivity index (χ2v) is 15.8. The Morgan fingerprint density at radius 3 is 1.19 bits per heavy atom. The molecule has 0 rings (SSSR count).